The molecule has 1 amide bonds. The number of rotatable bonds is 6. The van der Waals surface area contributed by atoms with Crippen LogP contribution in [0.3, 0.4) is 0 Å². The van der Waals surface area contributed by atoms with Crippen LogP contribution < -0.4 is 10.6 Å². The van der Waals surface area contributed by atoms with E-state index in [0.29, 0.717) is 12.6 Å². The monoisotopic (exact) mass is 264 g/mol. The van der Waals surface area contributed by atoms with Gasteiger partial charge in [-0.15, -0.1) is 0 Å². The third-order valence-electron chi connectivity index (χ3n) is 3.50. The molecule has 0 radical (unpaired) electrons. The van der Waals surface area contributed by atoms with Crippen LogP contribution in [0.4, 0.5) is 5.69 Å². The molecule has 2 aliphatic rings. The van der Waals surface area contributed by atoms with E-state index in [0.717, 1.165) is 38.3 Å². The summed E-state index contributed by atoms with van der Waals surface area (Å²) >= 11 is 0. The molecule has 104 valence electrons. The average molecular weight is 264 g/mol. The largest absolute Gasteiger partial charge is 0.382 e. The molecule has 0 aromatic carbocycles. The van der Waals surface area contributed by atoms with Crippen molar-refractivity contribution in [1.29, 1.82) is 0 Å². The van der Waals surface area contributed by atoms with Gasteiger partial charge >= 0.3 is 0 Å². The Morgan fingerprint density at radius 2 is 2.37 bits per heavy atom. The van der Waals surface area contributed by atoms with Crippen LogP contribution in [0.2, 0.25) is 0 Å². The molecule has 0 atom stereocenters. The first-order chi connectivity index (χ1) is 9.13. The molecular formula is C13H20N4O2. The van der Waals surface area contributed by atoms with Gasteiger partial charge in [0.2, 0.25) is 5.91 Å². The Bertz CT molecular complexity index is 463. The molecule has 1 aliphatic heterocycles. The fraction of sp³-hybridized carbons (Fsp3) is 0.692. The zero-order chi connectivity index (χ0) is 13.3. The predicted molar refractivity (Wildman–Crippen MR) is 70.8 cm³/mol. The predicted octanol–water partition coefficient (Wildman–Crippen LogP) is 0.610. The van der Waals surface area contributed by atoms with E-state index in [1.54, 1.807) is 10.9 Å². The lowest BCUT2D eigenvalue weighted by Gasteiger charge is -2.38. The van der Waals surface area contributed by atoms with Crippen LogP contribution in [0.25, 0.3) is 0 Å². The van der Waals surface area contributed by atoms with Gasteiger partial charge in [-0.05, 0) is 12.8 Å². The molecule has 2 heterocycles. The molecule has 6 heteroatoms. The molecule has 6 nitrogen and oxygen atoms in total. The van der Waals surface area contributed by atoms with Crippen molar-refractivity contribution in [3.8, 4) is 0 Å². The number of nitrogens with one attached hydrogen (secondary N) is 2. The number of carbonyl (C=O) groups excluding carboxylic acids is 1. The summed E-state index contributed by atoms with van der Waals surface area (Å²) < 4.78 is 6.88. The van der Waals surface area contributed by atoms with Crippen LogP contribution in [0.1, 0.15) is 19.8 Å². The van der Waals surface area contributed by atoms with E-state index in [9.17, 15) is 4.79 Å². The second-order valence-electron chi connectivity index (χ2n) is 5.93. The maximum Gasteiger partial charge on any atom is 0.241 e. The van der Waals surface area contributed by atoms with Gasteiger partial charge in [0.25, 0.3) is 0 Å². The lowest BCUT2D eigenvalue weighted by Crippen LogP contribution is -2.45. The summed E-state index contributed by atoms with van der Waals surface area (Å²) in [6, 6.07) is 0.402. The number of carbonyl (C=O) groups is 1. The molecule has 0 bridgehead atoms. The fourth-order valence-electron chi connectivity index (χ4n) is 2.06. The molecule has 1 saturated carbocycles. The van der Waals surface area contributed by atoms with Gasteiger partial charge in [0.05, 0.1) is 25.1 Å². The van der Waals surface area contributed by atoms with E-state index in [-0.39, 0.29) is 11.3 Å². The first-order valence-corrected chi connectivity index (χ1v) is 6.76. The second kappa shape index (κ2) is 4.85. The maximum atomic E-state index is 11.6. The molecule has 1 aromatic rings. The normalized spacial score (nSPS) is 20.7. The molecule has 2 fully saturated rings. The van der Waals surface area contributed by atoms with E-state index in [4.69, 9.17) is 4.74 Å². The Hall–Kier alpha value is -1.56. The Morgan fingerprint density at radius 1 is 1.58 bits per heavy atom. The summed E-state index contributed by atoms with van der Waals surface area (Å²) in [4.78, 5) is 11.6. The summed E-state index contributed by atoms with van der Waals surface area (Å²) in [5.41, 5.74) is 1.18. The highest BCUT2D eigenvalue weighted by molar-refractivity contribution is 5.76. The smallest absolute Gasteiger partial charge is 0.241 e. The lowest BCUT2D eigenvalue weighted by atomic mass is 9.89. The van der Waals surface area contributed by atoms with Crippen LogP contribution in [-0.2, 0) is 16.1 Å². The standard InChI is InChI=1S/C13H20N4O2/c1-13(8-19-9-13)7-14-11-4-15-17(5-11)6-12(18)16-10-2-3-10/h4-5,10,14H,2-3,6-9H2,1H3,(H,16,18). The quantitative estimate of drug-likeness (QED) is 0.790. The minimum atomic E-state index is 0.0384. The van der Waals surface area contributed by atoms with Gasteiger partial charge in [-0.3, -0.25) is 9.48 Å². The van der Waals surface area contributed by atoms with Gasteiger partial charge in [-0.25, -0.2) is 0 Å². The molecule has 19 heavy (non-hydrogen) atoms. The van der Waals surface area contributed by atoms with E-state index < -0.39 is 0 Å². The minimum absolute atomic E-state index is 0.0384. The first-order valence-electron chi connectivity index (χ1n) is 6.76. The summed E-state index contributed by atoms with van der Waals surface area (Å²) in [6.07, 6.45) is 5.85. The molecule has 0 spiro atoms. The van der Waals surface area contributed by atoms with Crippen molar-refractivity contribution in [2.45, 2.75) is 32.4 Å². The second-order valence-corrected chi connectivity index (χ2v) is 5.93. The number of aromatic nitrogens is 2. The molecule has 1 saturated heterocycles. The van der Waals surface area contributed by atoms with Crippen molar-refractivity contribution < 1.29 is 9.53 Å². The summed E-state index contributed by atoms with van der Waals surface area (Å²) in [6.45, 7) is 4.96. The topological polar surface area (TPSA) is 68.2 Å². The molecular weight excluding hydrogens is 244 g/mol. The molecule has 3 rings (SSSR count). The summed E-state index contributed by atoms with van der Waals surface area (Å²) in [5.74, 6) is 0.0384. The number of ether oxygens (including phenoxy) is 1. The van der Waals surface area contributed by atoms with E-state index >= 15 is 0 Å². The number of hydrogen-bond donors (Lipinski definition) is 2. The van der Waals surface area contributed by atoms with E-state index in [2.05, 4.69) is 22.7 Å². The fourth-order valence-corrected chi connectivity index (χ4v) is 2.06. The Balaban J connectivity index is 1.46. The lowest BCUT2D eigenvalue weighted by molar-refractivity contribution is -0.122. The minimum Gasteiger partial charge on any atom is -0.382 e. The van der Waals surface area contributed by atoms with Gasteiger partial charge in [0, 0.05) is 24.2 Å². The van der Waals surface area contributed by atoms with Crippen molar-refractivity contribution in [2.75, 3.05) is 25.1 Å². The van der Waals surface area contributed by atoms with Crippen LogP contribution in [0.5, 0.6) is 0 Å². The van der Waals surface area contributed by atoms with Crippen molar-refractivity contribution in [2.24, 2.45) is 5.41 Å². The average Bonchev–Trinajstić information content (AvgIpc) is 3.02. The zero-order valence-electron chi connectivity index (χ0n) is 11.2. The third-order valence-corrected chi connectivity index (χ3v) is 3.50. The number of anilines is 1. The first kappa shape index (κ1) is 12.5. The number of amides is 1. The van der Waals surface area contributed by atoms with Gasteiger partial charge in [0.15, 0.2) is 0 Å². The van der Waals surface area contributed by atoms with Crippen LogP contribution in [-0.4, -0.2) is 41.5 Å². The number of hydrogen-bond acceptors (Lipinski definition) is 4. The van der Waals surface area contributed by atoms with Crippen LogP contribution >= 0.6 is 0 Å². The Morgan fingerprint density at radius 3 is 3.00 bits per heavy atom. The van der Waals surface area contributed by atoms with E-state index in [1.807, 2.05) is 6.20 Å². The van der Waals surface area contributed by atoms with Crippen LogP contribution in [0.15, 0.2) is 12.4 Å². The zero-order valence-corrected chi connectivity index (χ0v) is 11.2. The SMILES string of the molecule is CC1(CNc2cnn(CC(=O)NC3CC3)c2)COC1. The Labute approximate surface area is 112 Å². The van der Waals surface area contributed by atoms with Gasteiger partial charge in [-0.2, -0.15) is 5.10 Å². The molecule has 1 aromatic heterocycles. The van der Waals surface area contributed by atoms with Crippen molar-refractivity contribution in [3.63, 3.8) is 0 Å². The highest BCUT2D eigenvalue weighted by Gasteiger charge is 2.33. The van der Waals surface area contributed by atoms with Gasteiger partial charge in [-0.1, -0.05) is 6.92 Å². The van der Waals surface area contributed by atoms with Crippen molar-refractivity contribution in [1.82, 2.24) is 15.1 Å². The summed E-state index contributed by atoms with van der Waals surface area (Å²) in [5, 5.41) is 10.5. The summed E-state index contributed by atoms with van der Waals surface area (Å²) in [7, 11) is 0. The van der Waals surface area contributed by atoms with E-state index in [1.165, 1.54) is 0 Å². The highest BCUT2D eigenvalue weighted by Crippen LogP contribution is 2.26. The van der Waals surface area contributed by atoms with Gasteiger partial charge < -0.3 is 15.4 Å². The van der Waals surface area contributed by atoms with Gasteiger partial charge in [0.1, 0.15) is 6.54 Å². The van der Waals surface area contributed by atoms with Crippen molar-refractivity contribution in [3.05, 3.63) is 12.4 Å². The molecule has 0 unspecified atom stereocenters. The van der Waals surface area contributed by atoms with Crippen LogP contribution in [0, 0.1) is 5.41 Å². The highest BCUT2D eigenvalue weighted by atomic mass is 16.5. The molecule has 1 aliphatic carbocycles. The third kappa shape index (κ3) is 3.26. The maximum absolute atomic E-state index is 11.6. The number of nitrogens with zero attached hydrogens (tertiary/aromatic N) is 2. The Kier molecular flexibility index (Phi) is 3.18. The van der Waals surface area contributed by atoms with Crippen molar-refractivity contribution >= 4 is 11.6 Å². The molecule has 2 N–H and O–H groups in total.